The lowest BCUT2D eigenvalue weighted by atomic mass is 10.2. The molecule has 1 fully saturated rings. The van der Waals surface area contributed by atoms with E-state index in [-0.39, 0.29) is 12.5 Å². The summed E-state index contributed by atoms with van der Waals surface area (Å²) in [5.41, 5.74) is 8.64. The number of amides is 1. The standard InChI is InChI=1S/C20H24ClN3O2/c1-15-18(22)3-2-4-19(15)26-14-20(25)24-11-9-23(10-12-24)13-16-5-7-17(21)8-6-16/h2-8H,9-14,22H2,1H3. The summed E-state index contributed by atoms with van der Waals surface area (Å²) in [4.78, 5) is 16.6. The highest BCUT2D eigenvalue weighted by Crippen LogP contribution is 2.23. The molecule has 0 saturated carbocycles. The van der Waals surface area contributed by atoms with Gasteiger partial charge in [-0.2, -0.15) is 0 Å². The fraction of sp³-hybridized carbons (Fsp3) is 0.350. The molecule has 2 N–H and O–H groups in total. The van der Waals surface area contributed by atoms with Crippen molar-refractivity contribution in [3.63, 3.8) is 0 Å². The SMILES string of the molecule is Cc1c(N)cccc1OCC(=O)N1CCN(Cc2ccc(Cl)cc2)CC1. The van der Waals surface area contributed by atoms with Crippen molar-refractivity contribution < 1.29 is 9.53 Å². The van der Waals surface area contributed by atoms with E-state index in [1.165, 1.54) is 5.56 Å². The molecule has 0 radical (unpaired) electrons. The maximum Gasteiger partial charge on any atom is 0.260 e. The van der Waals surface area contributed by atoms with E-state index in [4.69, 9.17) is 22.1 Å². The lowest BCUT2D eigenvalue weighted by molar-refractivity contribution is -0.135. The van der Waals surface area contributed by atoms with Gasteiger partial charge in [-0.05, 0) is 36.8 Å². The second-order valence-electron chi connectivity index (χ2n) is 6.54. The van der Waals surface area contributed by atoms with Crippen LogP contribution in [0.4, 0.5) is 5.69 Å². The molecule has 0 atom stereocenters. The molecule has 1 aliphatic heterocycles. The number of nitrogens with two attached hydrogens (primary N) is 1. The van der Waals surface area contributed by atoms with Crippen molar-refractivity contribution in [1.29, 1.82) is 0 Å². The Balaban J connectivity index is 1.46. The quantitative estimate of drug-likeness (QED) is 0.818. The van der Waals surface area contributed by atoms with Gasteiger partial charge in [0.1, 0.15) is 5.75 Å². The van der Waals surface area contributed by atoms with Crippen molar-refractivity contribution >= 4 is 23.2 Å². The van der Waals surface area contributed by atoms with Crippen molar-refractivity contribution in [3.05, 3.63) is 58.6 Å². The van der Waals surface area contributed by atoms with E-state index in [9.17, 15) is 4.79 Å². The van der Waals surface area contributed by atoms with Gasteiger partial charge in [0.15, 0.2) is 6.61 Å². The number of carbonyl (C=O) groups is 1. The monoisotopic (exact) mass is 373 g/mol. The van der Waals surface area contributed by atoms with Crippen LogP contribution in [0, 0.1) is 6.92 Å². The second-order valence-corrected chi connectivity index (χ2v) is 6.98. The Labute approximate surface area is 159 Å². The number of nitrogens with zero attached hydrogens (tertiary/aromatic N) is 2. The smallest absolute Gasteiger partial charge is 0.260 e. The molecule has 1 saturated heterocycles. The van der Waals surface area contributed by atoms with Crippen molar-refractivity contribution in [3.8, 4) is 5.75 Å². The topological polar surface area (TPSA) is 58.8 Å². The number of hydrogen-bond donors (Lipinski definition) is 1. The molecule has 3 rings (SSSR count). The molecule has 1 aliphatic rings. The summed E-state index contributed by atoms with van der Waals surface area (Å²) in [5.74, 6) is 0.678. The Morgan fingerprint density at radius 1 is 1.12 bits per heavy atom. The van der Waals surface area contributed by atoms with Crippen LogP contribution in [0.5, 0.6) is 5.75 Å². The summed E-state index contributed by atoms with van der Waals surface area (Å²) in [6.07, 6.45) is 0. The van der Waals surface area contributed by atoms with Crippen LogP contribution in [-0.2, 0) is 11.3 Å². The Morgan fingerprint density at radius 3 is 2.50 bits per heavy atom. The molecular weight excluding hydrogens is 350 g/mol. The molecular formula is C20H24ClN3O2. The van der Waals surface area contributed by atoms with Gasteiger partial charge in [0.05, 0.1) is 0 Å². The number of halogens is 1. The first kappa shape index (κ1) is 18.5. The molecule has 138 valence electrons. The Hall–Kier alpha value is -2.24. The number of hydrogen-bond acceptors (Lipinski definition) is 4. The van der Waals surface area contributed by atoms with Gasteiger partial charge in [0.2, 0.25) is 0 Å². The molecule has 0 aliphatic carbocycles. The first-order chi connectivity index (χ1) is 12.5. The number of benzene rings is 2. The van der Waals surface area contributed by atoms with Crippen LogP contribution in [0.15, 0.2) is 42.5 Å². The lowest BCUT2D eigenvalue weighted by Crippen LogP contribution is -2.49. The summed E-state index contributed by atoms with van der Waals surface area (Å²) in [7, 11) is 0. The van der Waals surface area contributed by atoms with Gasteiger partial charge >= 0.3 is 0 Å². The van der Waals surface area contributed by atoms with Crippen molar-refractivity contribution in [2.24, 2.45) is 0 Å². The summed E-state index contributed by atoms with van der Waals surface area (Å²) < 4.78 is 5.67. The number of anilines is 1. The van der Waals surface area contributed by atoms with Crippen LogP contribution in [0.2, 0.25) is 5.02 Å². The largest absolute Gasteiger partial charge is 0.483 e. The first-order valence-corrected chi connectivity index (χ1v) is 9.13. The molecule has 2 aromatic rings. The number of ether oxygens (including phenoxy) is 1. The minimum absolute atomic E-state index is 0.0120. The third-order valence-electron chi connectivity index (χ3n) is 4.72. The zero-order valence-corrected chi connectivity index (χ0v) is 15.7. The van der Waals surface area contributed by atoms with Gasteiger partial charge in [-0.1, -0.05) is 29.8 Å². The highest BCUT2D eigenvalue weighted by atomic mass is 35.5. The van der Waals surface area contributed by atoms with E-state index in [0.29, 0.717) is 24.5 Å². The molecule has 26 heavy (non-hydrogen) atoms. The third-order valence-corrected chi connectivity index (χ3v) is 4.97. The van der Waals surface area contributed by atoms with Crippen LogP contribution in [-0.4, -0.2) is 48.5 Å². The Bertz CT molecular complexity index is 756. The predicted molar refractivity (Wildman–Crippen MR) is 104 cm³/mol. The zero-order valence-electron chi connectivity index (χ0n) is 15.0. The van der Waals surface area contributed by atoms with E-state index < -0.39 is 0 Å². The number of rotatable bonds is 5. The number of piperazine rings is 1. The highest BCUT2D eigenvalue weighted by molar-refractivity contribution is 6.30. The zero-order chi connectivity index (χ0) is 18.5. The average molecular weight is 374 g/mol. The van der Waals surface area contributed by atoms with E-state index in [1.807, 2.05) is 54.3 Å². The molecule has 0 bridgehead atoms. The van der Waals surface area contributed by atoms with Gasteiger partial charge < -0.3 is 15.4 Å². The minimum atomic E-state index is 0.0120. The van der Waals surface area contributed by atoms with Crippen LogP contribution < -0.4 is 10.5 Å². The molecule has 0 aromatic heterocycles. The number of nitrogen functional groups attached to an aromatic ring is 1. The van der Waals surface area contributed by atoms with Crippen molar-refractivity contribution in [2.45, 2.75) is 13.5 Å². The maximum atomic E-state index is 12.4. The molecule has 1 amide bonds. The van der Waals surface area contributed by atoms with Gasteiger partial charge in [0, 0.05) is 49.0 Å². The van der Waals surface area contributed by atoms with Crippen molar-refractivity contribution in [2.75, 3.05) is 38.5 Å². The molecule has 5 nitrogen and oxygen atoms in total. The summed E-state index contributed by atoms with van der Waals surface area (Å²) in [6.45, 7) is 5.94. The second kappa shape index (κ2) is 8.43. The Kier molecular flexibility index (Phi) is 6.01. The first-order valence-electron chi connectivity index (χ1n) is 8.75. The fourth-order valence-electron chi connectivity index (χ4n) is 3.02. The van der Waals surface area contributed by atoms with Crippen LogP contribution in [0.25, 0.3) is 0 Å². The fourth-order valence-corrected chi connectivity index (χ4v) is 3.15. The maximum absolute atomic E-state index is 12.4. The molecule has 2 aromatic carbocycles. The van der Waals surface area contributed by atoms with Gasteiger partial charge in [-0.3, -0.25) is 9.69 Å². The van der Waals surface area contributed by atoms with Gasteiger partial charge in [0.25, 0.3) is 5.91 Å². The van der Waals surface area contributed by atoms with Crippen LogP contribution in [0.3, 0.4) is 0 Å². The van der Waals surface area contributed by atoms with E-state index >= 15 is 0 Å². The normalized spacial score (nSPS) is 15.1. The van der Waals surface area contributed by atoms with Crippen LogP contribution in [0.1, 0.15) is 11.1 Å². The van der Waals surface area contributed by atoms with Gasteiger partial charge in [-0.25, -0.2) is 0 Å². The average Bonchev–Trinajstić information content (AvgIpc) is 2.65. The minimum Gasteiger partial charge on any atom is -0.483 e. The van der Waals surface area contributed by atoms with E-state index in [1.54, 1.807) is 0 Å². The molecule has 6 heteroatoms. The van der Waals surface area contributed by atoms with E-state index in [0.717, 1.165) is 30.2 Å². The highest BCUT2D eigenvalue weighted by Gasteiger charge is 2.21. The molecule has 0 spiro atoms. The molecule has 0 unspecified atom stereocenters. The summed E-state index contributed by atoms with van der Waals surface area (Å²) in [6, 6.07) is 13.4. The summed E-state index contributed by atoms with van der Waals surface area (Å²) in [5, 5.41) is 0.750. The predicted octanol–water partition coefficient (Wildman–Crippen LogP) is 2.95. The van der Waals surface area contributed by atoms with Gasteiger partial charge in [-0.15, -0.1) is 0 Å². The van der Waals surface area contributed by atoms with E-state index in [2.05, 4.69) is 4.90 Å². The number of carbonyl (C=O) groups excluding carboxylic acids is 1. The lowest BCUT2D eigenvalue weighted by Gasteiger charge is -2.34. The Morgan fingerprint density at radius 2 is 1.81 bits per heavy atom. The summed E-state index contributed by atoms with van der Waals surface area (Å²) >= 11 is 5.92. The third kappa shape index (κ3) is 4.68. The molecule has 1 heterocycles. The van der Waals surface area contributed by atoms with Crippen molar-refractivity contribution in [1.82, 2.24) is 9.80 Å². The van der Waals surface area contributed by atoms with Crippen LogP contribution >= 0.6 is 11.6 Å².